The monoisotopic (exact) mass is 264 g/mol. The van der Waals surface area contributed by atoms with E-state index in [1.54, 1.807) is 0 Å². The number of rotatable bonds is 2. The molecule has 1 aliphatic heterocycles. The third-order valence-electron chi connectivity index (χ3n) is 3.50. The van der Waals surface area contributed by atoms with Crippen molar-refractivity contribution in [3.05, 3.63) is 27.8 Å². The summed E-state index contributed by atoms with van der Waals surface area (Å²) in [6, 6.07) is 3.03. The number of nitro benzene ring substituents is 1. The van der Waals surface area contributed by atoms with Crippen LogP contribution in [0.5, 0.6) is 5.75 Å². The Morgan fingerprint density at radius 2 is 2.11 bits per heavy atom. The lowest BCUT2D eigenvalue weighted by atomic mass is 9.80. The van der Waals surface area contributed by atoms with Crippen molar-refractivity contribution in [2.75, 3.05) is 12.4 Å². The lowest BCUT2D eigenvalue weighted by Crippen LogP contribution is -2.16. The highest BCUT2D eigenvalue weighted by Crippen LogP contribution is 2.42. The molecule has 0 saturated heterocycles. The van der Waals surface area contributed by atoms with Gasteiger partial charge in [-0.15, -0.1) is 0 Å². The summed E-state index contributed by atoms with van der Waals surface area (Å²) in [7, 11) is 1.37. The highest BCUT2D eigenvalue weighted by Gasteiger charge is 2.32. The quantitative estimate of drug-likeness (QED) is 0.657. The summed E-state index contributed by atoms with van der Waals surface area (Å²) < 4.78 is 5.02. The molecule has 6 heteroatoms. The van der Waals surface area contributed by atoms with Gasteiger partial charge in [-0.25, -0.2) is 0 Å². The smallest absolute Gasteiger partial charge is 0.311 e. The van der Waals surface area contributed by atoms with Gasteiger partial charge in [-0.05, 0) is 17.4 Å². The first-order chi connectivity index (χ1) is 8.85. The molecule has 0 unspecified atom stereocenters. The van der Waals surface area contributed by atoms with E-state index in [1.165, 1.54) is 19.2 Å². The molecule has 0 spiro atoms. The molecule has 0 bridgehead atoms. The van der Waals surface area contributed by atoms with Gasteiger partial charge in [0.25, 0.3) is 0 Å². The number of fused-ring (bicyclic) bond motifs is 1. The van der Waals surface area contributed by atoms with Gasteiger partial charge in [-0.3, -0.25) is 14.9 Å². The van der Waals surface area contributed by atoms with Gasteiger partial charge in [0.2, 0.25) is 5.91 Å². The van der Waals surface area contributed by atoms with Gasteiger partial charge >= 0.3 is 5.69 Å². The third kappa shape index (κ3) is 2.38. The molecule has 0 radical (unpaired) electrons. The first-order valence-corrected chi connectivity index (χ1v) is 6.02. The van der Waals surface area contributed by atoms with Crippen molar-refractivity contribution < 1.29 is 14.5 Å². The van der Waals surface area contributed by atoms with Crippen LogP contribution in [0.15, 0.2) is 12.1 Å². The number of hydrogen-bond acceptors (Lipinski definition) is 4. The molecule has 0 atom stereocenters. The van der Waals surface area contributed by atoms with Gasteiger partial charge < -0.3 is 10.1 Å². The maximum Gasteiger partial charge on any atom is 0.311 e. The molecule has 0 fully saturated rings. The maximum absolute atomic E-state index is 11.7. The molecular formula is C13H16N2O4. The molecule has 6 nitrogen and oxygen atoms in total. The molecule has 1 aliphatic rings. The number of anilines is 1. The first kappa shape index (κ1) is 13.3. The molecule has 0 aromatic heterocycles. The van der Waals surface area contributed by atoms with Crippen LogP contribution in [-0.4, -0.2) is 17.9 Å². The topological polar surface area (TPSA) is 81.5 Å². The molecular weight excluding hydrogens is 248 g/mol. The predicted molar refractivity (Wildman–Crippen MR) is 70.5 cm³/mol. The number of nitro groups is 1. The fourth-order valence-corrected chi connectivity index (χ4v) is 2.31. The predicted octanol–water partition coefficient (Wildman–Crippen LogP) is 2.61. The second-order valence-electron chi connectivity index (χ2n) is 5.26. The van der Waals surface area contributed by atoms with E-state index in [0.29, 0.717) is 18.5 Å². The number of benzene rings is 1. The van der Waals surface area contributed by atoms with E-state index in [0.717, 1.165) is 5.56 Å². The number of amides is 1. The molecule has 0 saturated carbocycles. The summed E-state index contributed by atoms with van der Waals surface area (Å²) in [4.78, 5) is 22.3. The number of nitrogens with one attached hydrogen (secondary N) is 1. The van der Waals surface area contributed by atoms with Gasteiger partial charge in [0.1, 0.15) is 0 Å². The Bertz CT molecular complexity index is 552. The van der Waals surface area contributed by atoms with Crippen molar-refractivity contribution in [2.45, 2.75) is 32.1 Å². The van der Waals surface area contributed by atoms with E-state index in [1.807, 2.05) is 13.8 Å². The van der Waals surface area contributed by atoms with Gasteiger partial charge in [0.05, 0.1) is 12.0 Å². The summed E-state index contributed by atoms with van der Waals surface area (Å²) in [5.74, 6) is 0.0736. The maximum atomic E-state index is 11.7. The van der Waals surface area contributed by atoms with Gasteiger partial charge in [0.15, 0.2) is 5.75 Å². The van der Waals surface area contributed by atoms with Crippen LogP contribution in [-0.2, 0) is 10.2 Å². The number of methoxy groups -OCH3 is 1. The molecule has 102 valence electrons. The Hall–Kier alpha value is -2.11. The zero-order valence-corrected chi connectivity index (χ0v) is 11.1. The average molecular weight is 264 g/mol. The Morgan fingerprint density at radius 1 is 1.42 bits per heavy atom. The second-order valence-corrected chi connectivity index (χ2v) is 5.26. The second kappa shape index (κ2) is 4.53. The molecule has 1 heterocycles. The van der Waals surface area contributed by atoms with Crippen LogP contribution in [0.25, 0.3) is 0 Å². The lowest BCUT2D eigenvalue weighted by Gasteiger charge is -2.24. The largest absolute Gasteiger partial charge is 0.490 e. The summed E-state index contributed by atoms with van der Waals surface area (Å²) >= 11 is 0. The Kier molecular flexibility index (Phi) is 3.18. The van der Waals surface area contributed by atoms with Crippen LogP contribution in [0.4, 0.5) is 11.4 Å². The van der Waals surface area contributed by atoms with Crippen LogP contribution in [0.1, 0.15) is 32.3 Å². The van der Waals surface area contributed by atoms with E-state index in [2.05, 4.69) is 5.32 Å². The highest BCUT2D eigenvalue weighted by molar-refractivity contribution is 5.93. The molecule has 1 N–H and O–H groups in total. The minimum atomic E-state index is -0.470. The van der Waals surface area contributed by atoms with Crippen LogP contribution in [0.2, 0.25) is 0 Å². The first-order valence-electron chi connectivity index (χ1n) is 6.02. The number of carbonyl (C=O) groups is 1. The van der Waals surface area contributed by atoms with E-state index in [9.17, 15) is 14.9 Å². The normalized spacial score (nSPS) is 17.1. The lowest BCUT2D eigenvalue weighted by molar-refractivity contribution is -0.385. The van der Waals surface area contributed by atoms with Gasteiger partial charge in [0, 0.05) is 24.2 Å². The van der Waals surface area contributed by atoms with Crippen molar-refractivity contribution in [1.82, 2.24) is 0 Å². The van der Waals surface area contributed by atoms with E-state index < -0.39 is 4.92 Å². The van der Waals surface area contributed by atoms with Crippen LogP contribution >= 0.6 is 0 Å². The van der Waals surface area contributed by atoms with E-state index >= 15 is 0 Å². The third-order valence-corrected chi connectivity index (χ3v) is 3.50. The molecule has 1 amide bonds. The standard InChI is InChI=1S/C13H16N2O4/c1-13(2)5-4-12(16)14-9-7-11(19-3)10(15(17)18)6-8(9)13/h6-7H,4-5H2,1-3H3,(H,14,16). The molecule has 1 aromatic carbocycles. The number of ether oxygens (including phenoxy) is 1. The average Bonchev–Trinajstić information content (AvgIpc) is 2.45. The van der Waals surface area contributed by atoms with Crippen molar-refractivity contribution >= 4 is 17.3 Å². The fourth-order valence-electron chi connectivity index (χ4n) is 2.31. The molecule has 1 aromatic rings. The highest BCUT2D eigenvalue weighted by atomic mass is 16.6. The molecule has 19 heavy (non-hydrogen) atoms. The zero-order chi connectivity index (χ0) is 14.2. The number of nitrogens with zero attached hydrogens (tertiary/aromatic N) is 1. The Labute approximate surface area is 110 Å². The summed E-state index contributed by atoms with van der Waals surface area (Å²) in [5, 5.41) is 13.8. The van der Waals surface area contributed by atoms with E-state index in [4.69, 9.17) is 4.74 Å². The van der Waals surface area contributed by atoms with Crippen LogP contribution < -0.4 is 10.1 Å². The fraction of sp³-hybridized carbons (Fsp3) is 0.462. The number of carbonyl (C=O) groups excluding carboxylic acids is 1. The number of hydrogen-bond donors (Lipinski definition) is 1. The van der Waals surface area contributed by atoms with Crippen molar-refractivity contribution in [3.63, 3.8) is 0 Å². The summed E-state index contributed by atoms with van der Waals surface area (Å²) in [5.41, 5.74) is 0.984. The van der Waals surface area contributed by atoms with Crippen molar-refractivity contribution in [1.29, 1.82) is 0 Å². The Balaban J connectivity index is 2.66. The Morgan fingerprint density at radius 3 is 2.68 bits per heavy atom. The van der Waals surface area contributed by atoms with Crippen molar-refractivity contribution in [2.24, 2.45) is 0 Å². The van der Waals surface area contributed by atoms with Gasteiger partial charge in [-0.2, -0.15) is 0 Å². The minimum absolute atomic E-state index is 0.0783. The van der Waals surface area contributed by atoms with Crippen molar-refractivity contribution in [3.8, 4) is 5.75 Å². The minimum Gasteiger partial charge on any atom is -0.490 e. The summed E-state index contributed by atoms with van der Waals surface area (Å²) in [6.45, 7) is 3.95. The SMILES string of the molecule is COc1cc2c(cc1[N+](=O)[O-])C(C)(C)CCC(=O)N2. The molecule has 2 rings (SSSR count). The van der Waals surface area contributed by atoms with Crippen LogP contribution in [0.3, 0.4) is 0 Å². The van der Waals surface area contributed by atoms with E-state index in [-0.39, 0.29) is 22.8 Å². The zero-order valence-electron chi connectivity index (χ0n) is 11.1. The van der Waals surface area contributed by atoms with Gasteiger partial charge in [-0.1, -0.05) is 13.8 Å². The summed E-state index contributed by atoms with van der Waals surface area (Å²) in [6.07, 6.45) is 1.05. The molecule has 0 aliphatic carbocycles. The van der Waals surface area contributed by atoms with Crippen LogP contribution in [0, 0.1) is 10.1 Å².